The minimum atomic E-state index is -0.375. The highest BCUT2D eigenvalue weighted by atomic mass is 19.1. The zero-order chi connectivity index (χ0) is 17.4. The van der Waals surface area contributed by atoms with Gasteiger partial charge in [0.15, 0.2) is 11.6 Å². The maximum Gasteiger partial charge on any atom is 0.227 e. The van der Waals surface area contributed by atoms with E-state index in [-0.39, 0.29) is 5.82 Å². The second kappa shape index (κ2) is 6.59. The molecule has 8 heteroatoms. The fourth-order valence-electron chi connectivity index (χ4n) is 3.64. The highest BCUT2D eigenvalue weighted by molar-refractivity contribution is 5.46. The molecule has 2 fully saturated rings. The number of ether oxygens (including phenoxy) is 1. The van der Waals surface area contributed by atoms with E-state index in [9.17, 15) is 4.39 Å². The lowest BCUT2D eigenvalue weighted by Crippen LogP contribution is -2.37. The summed E-state index contributed by atoms with van der Waals surface area (Å²) in [5.74, 6) is 0.592. The first-order valence-corrected chi connectivity index (χ1v) is 8.75. The van der Waals surface area contributed by atoms with Crippen LogP contribution in [0, 0.1) is 19.7 Å². The van der Waals surface area contributed by atoms with Crippen molar-refractivity contribution in [2.75, 3.05) is 49.2 Å². The normalized spacial score (nSPS) is 21.2. The Hall–Kier alpha value is -2.22. The molecule has 0 amide bonds. The number of nitrogens with zero attached hydrogens (tertiary/aromatic N) is 6. The Morgan fingerprint density at radius 3 is 2.68 bits per heavy atom. The largest absolute Gasteiger partial charge is 0.378 e. The van der Waals surface area contributed by atoms with E-state index < -0.39 is 0 Å². The van der Waals surface area contributed by atoms with Crippen LogP contribution in [0.1, 0.15) is 23.9 Å². The fraction of sp³-hybridized carbons (Fsp3) is 0.588. The molecule has 0 saturated carbocycles. The van der Waals surface area contributed by atoms with Gasteiger partial charge in [0.05, 0.1) is 31.1 Å². The maximum absolute atomic E-state index is 14.2. The average Bonchev–Trinajstić information content (AvgIpc) is 3.22. The fourth-order valence-corrected chi connectivity index (χ4v) is 3.64. The summed E-state index contributed by atoms with van der Waals surface area (Å²) in [5, 5.41) is 4.59. The van der Waals surface area contributed by atoms with Gasteiger partial charge in [-0.3, -0.25) is 4.68 Å². The summed E-state index contributed by atoms with van der Waals surface area (Å²) in [4.78, 5) is 12.8. The quantitative estimate of drug-likeness (QED) is 0.843. The van der Waals surface area contributed by atoms with Crippen LogP contribution in [0.3, 0.4) is 0 Å². The Labute approximate surface area is 146 Å². The van der Waals surface area contributed by atoms with Gasteiger partial charge in [0.1, 0.15) is 0 Å². The van der Waals surface area contributed by atoms with Crippen molar-refractivity contribution in [1.82, 2.24) is 19.7 Å². The number of anilines is 2. The van der Waals surface area contributed by atoms with Crippen LogP contribution < -0.4 is 9.80 Å². The molecule has 0 aliphatic carbocycles. The number of aryl methyl sites for hydroxylation is 2. The molecule has 0 N–H and O–H groups in total. The monoisotopic (exact) mass is 346 g/mol. The van der Waals surface area contributed by atoms with Crippen LogP contribution in [-0.4, -0.2) is 59.1 Å². The van der Waals surface area contributed by atoms with E-state index in [1.54, 1.807) is 0 Å². The molecule has 0 aromatic carbocycles. The predicted molar refractivity (Wildman–Crippen MR) is 92.6 cm³/mol. The van der Waals surface area contributed by atoms with Crippen LogP contribution in [-0.2, 0) is 4.74 Å². The number of morpholine rings is 1. The lowest BCUT2D eigenvalue weighted by Gasteiger charge is -2.28. The average molecular weight is 346 g/mol. The highest BCUT2D eigenvalue weighted by Gasteiger charge is 2.28. The number of aromatic nitrogens is 4. The topological polar surface area (TPSA) is 59.3 Å². The first-order valence-electron chi connectivity index (χ1n) is 8.75. The Morgan fingerprint density at radius 2 is 1.96 bits per heavy atom. The van der Waals surface area contributed by atoms with Crippen LogP contribution in [0.4, 0.5) is 16.2 Å². The second-order valence-corrected chi connectivity index (χ2v) is 6.70. The van der Waals surface area contributed by atoms with Gasteiger partial charge in [-0.05, 0) is 26.3 Å². The minimum Gasteiger partial charge on any atom is -0.378 e. The molecule has 4 rings (SSSR count). The summed E-state index contributed by atoms with van der Waals surface area (Å²) in [5.41, 5.74) is 2.20. The molecule has 4 heterocycles. The summed E-state index contributed by atoms with van der Waals surface area (Å²) in [7, 11) is 0. The van der Waals surface area contributed by atoms with Crippen LogP contribution in [0.5, 0.6) is 0 Å². The van der Waals surface area contributed by atoms with E-state index in [2.05, 4.69) is 37.6 Å². The van der Waals surface area contributed by atoms with Gasteiger partial charge in [0.25, 0.3) is 0 Å². The Bertz CT molecular complexity index is 758. The summed E-state index contributed by atoms with van der Waals surface area (Å²) in [6.45, 7) is 8.23. The third-order valence-electron chi connectivity index (χ3n) is 4.86. The highest BCUT2D eigenvalue weighted by Crippen LogP contribution is 2.27. The second-order valence-electron chi connectivity index (χ2n) is 6.70. The zero-order valence-corrected chi connectivity index (χ0v) is 14.7. The molecule has 25 heavy (non-hydrogen) atoms. The summed E-state index contributed by atoms with van der Waals surface area (Å²) < 4.78 is 21.6. The number of rotatable bonds is 3. The van der Waals surface area contributed by atoms with Crippen molar-refractivity contribution in [3.63, 3.8) is 0 Å². The first kappa shape index (κ1) is 16.3. The SMILES string of the molecule is Cc1cc(C)n([C@H]2CCN(c3ncc(F)c(N4CCOCC4)n3)C2)n1. The molecule has 0 unspecified atom stereocenters. The minimum absolute atomic E-state index is 0.300. The van der Waals surface area contributed by atoms with Crippen molar-refractivity contribution < 1.29 is 9.13 Å². The lowest BCUT2D eigenvalue weighted by atomic mass is 10.2. The molecular formula is C17H23FN6O. The number of hydrogen-bond donors (Lipinski definition) is 0. The van der Waals surface area contributed by atoms with Crippen molar-refractivity contribution in [1.29, 1.82) is 0 Å². The van der Waals surface area contributed by atoms with Crippen LogP contribution in [0.15, 0.2) is 12.3 Å². The van der Waals surface area contributed by atoms with Gasteiger partial charge in [0.2, 0.25) is 5.95 Å². The van der Waals surface area contributed by atoms with Gasteiger partial charge in [0, 0.05) is 31.9 Å². The van der Waals surface area contributed by atoms with Crippen molar-refractivity contribution in [3.05, 3.63) is 29.5 Å². The smallest absolute Gasteiger partial charge is 0.227 e. The molecule has 1 atom stereocenters. The summed E-state index contributed by atoms with van der Waals surface area (Å²) >= 11 is 0. The number of halogens is 1. The van der Waals surface area contributed by atoms with Crippen molar-refractivity contribution in [2.45, 2.75) is 26.3 Å². The summed E-state index contributed by atoms with van der Waals surface area (Å²) in [6, 6.07) is 2.39. The van der Waals surface area contributed by atoms with Crippen molar-refractivity contribution >= 4 is 11.8 Å². The maximum atomic E-state index is 14.2. The molecule has 134 valence electrons. The van der Waals surface area contributed by atoms with Crippen LogP contribution in [0.25, 0.3) is 0 Å². The van der Waals surface area contributed by atoms with Crippen LogP contribution >= 0.6 is 0 Å². The molecule has 0 radical (unpaired) electrons. The Balaban J connectivity index is 1.53. The van der Waals surface area contributed by atoms with Crippen LogP contribution in [0.2, 0.25) is 0 Å². The molecular weight excluding hydrogens is 323 g/mol. The van der Waals surface area contributed by atoms with Crippen molar-refractivity contribution in [2.24, 2.45) is 0 Å². The predicted octanol–water partition coefficient (Wildman–Crippen LogP) is 1.72. The Morgan fingerprint density at radius 1 is 1.16 bits per heavy atom. The van der Waals surface area contributed by atoms with Gasteiger partial charge in [-0.15, -0.1) is 0 Å². The first-order chi connectivity index (χ1) is 12.1. The molecule has 7 nitrogen and oxygen atoms in total. The third kappa shape index (κ3) is 3.18. The van der Waals surface area contributed by atoms with E-state index in [1.165, 1.54) is 11.9 Å². The van der Waals surface area contributed by atoms with Gasteiger partial charge in [-0.25, -0.2) is 9.37 Å². The molecule has 0 bridgehead atoms. The standard InChI is InChI=1S/C17H23FN6O/c1-12-9-13(2)24(21-12)14-3-4-23(11-14)17-19-10-15(18)16(20-17)22-5-7-25-8-6-22/h9-10,14H,3-8,11H2,1-2H3/t14-/m0/s1. The van der Waals surface area contributed by atoms with E-state index in [4.69, 9.17) is 4.74 Å². The molecule has 2 aromatic heterocycles. The third-order valence-corrected chi connectivity index (χ3v) is 4.86. The van der Waals surface area contributed by atoms with Gasteiger partial charge in [-0.2, -0.15) is 10.1 Å². The van der Waals surface area contributed by atoms with Gasteiger partial charge >= 0.3 is 0 Å². The lowest BCUT2D eigenvalue weighted by molar-refractivity contribution is 0.122. The zero-order valence-electron chi connectivity index (χ0n) is 14.7. The molecule has 2 aliphatic heterocycles. The van der Waals surface area contributed by atoms with Gasteiger partial charge < -0.3 is 14.5 Å². The summed E-state index contributed by atoms with van der Waals surface area (Å²) in [6.07, 6.45) is 2.26. The van der Waals surface area contributed by atoms with E-state index in [0.717, 1.165) is 25.2 Å². The number of hydrogen-bond acceptors (Lipinski definition) is 6. The Kier molecular flexibility index (Phi) is 4.29. The molecule has 2 aromatic rings. The molecule has 2 saturated heterocycles. The molecule has 2 aliphatic rings. The van der Waals surface area contributed by atoms with Gasteiger partial charge in [-0.1, -0.05) is 0 Å². The van der Waals surface area contributed by atoms with Crippen molar-refractivity contribution in [3.8, 4) is 0 Å². The van der Waals surface area contributed by atoms with E-state index in [0.29, 0.717) is 44.1 Å². The van der Waals surface area contributed by atoms with E-state index >= 15 is 0 Å². The molecule has 0 spiro atoms. The van der Waals surface area contributed by atoms with E-state index in [1.807, 2.05) is 11.8 Å².